The summed E-state index contributed by atoms with van der Waals surface area (Å²) in [6.07, 6.45) is 1.99. The van der Waals surface area contributed by atoms with Gasteiger partial charge in [-0.15, -0.1) is 0 Å². The Hall–Kier alpha value is -1.30. The lowest BCUT2D eigenvalue weighted by Crippen LogP contribution is -2.46. The minimum atomic E-state index is -0.991. The van der Waals surface area contributed by atoms with E-state index in [4.69, 9.17) is 5.11 Å². The minimum Gasteiger partial charge on any atom is -0.480 e. The molecule has 6 heteroatoms. The molecule has 0 saturated heterocycles. The van der Waals surface area contributed by atoms with E-state index in [0.717, 1.165) is 25.9 Å². The third kappa shape index (κ3) is 8.50. The van der Waals surface area contributed by atoms with Crippen LogP contribution in [-0.2, 0) is 4.79 Å². The molecule has 17 heavy (non-hydrogen) atoms. The maximum atomic E-state index is 11.4. The molecule has 0 aliphatic carbocycles. The second-order valence-electron chi connectivity index (χ2n) is 3.79. The van der Waals surface area contributed by atoms with Crippen molar-refractivity contribution in [1.82, 2.24) is 16.0 Å². The van der Waals surface area contributed by atoms with Crippen molar-refractivity contribution in [3.63, 3.8) is 0 Å². The summed E-state index contributed by atoms with van der Waals surface area (Å²) in [6.45, 7) is 6.18. The van der Waals surface area contributed by atoms with Crippen molar-refractivity contribution in [1.29, 1.82) is 0 Å². The molecule has 2 amide bonds. The molecule has 0 aliphatic rings. The molecule has 0 heterocycles. The number of aliphatic carboxylic acids is 1. The highest BCUT2D eigenvalue weighted by Gasteiger charge is 2.17. The smallest absolute Gasteiger partial charge is 0.326 e. The Bertz CT molecular complexity index is 234. The van der Waals surface area contributed by atoms with Crippen LogP contribution in [0, 0.1) is 0 Å². The second kappa shape index (κ2) is 9.89. The first-order chi connectivity index (χ1) is 8.11. The van der Waals surface area contributed by atoms with E-state index in [0.29, 0.717) is 13.0 Å². The quantitative estimate of drug-likeness (QED) is 0.446. The van der Waals surface area contributed by atoms with Crippen molar-refractivity contribution in [2.45, 2.75) is 39.2 Å². The average Bonchev–Trinajstić information content (AvgIpc) is 2.28. The number of carbonyl (C=O) groups is 2. The van der Waals surface area contributed by atoms with Gasteiger partial charge in [-0.25, -0.2) is 9.59 Å². The number of nitrogens with one attached hydrogen (secondary N) is 3. The van der Waals surface area contributed by atoms with E-state index >= 15 is 0 Å². The highest BCUT2D eigenvalue weighted by atomic mass is 16.4. The molecular formula is C11H23N3O3. The summed E-state index contributed by atoms with van der Waals surface area (Å²) in [6, 6.07) is -1.21. The lowest BCUT2D eigenvalue weighted by Gasteiger charge is -2.14. The van der Waals surface area contributed by atoms with Gasteiger partial charge >= 0.3 is 12.0 Å². The summed E-state index contributed by atoms with van der Waals surface area (Å²) >= 11 is 0. The molecule has 0 aromatic rings. The molecule has 0 bridgehead atoms. The topological polar surface area (TPSA) is 90.5 Å². The molecule has 0 rings (SSSR count). The van der Waals surface area contributed by atoms with Crippen molar-refractivity contribution >= 4 is 12.0 Å². The molecule has 0 aliphatic heterocycles. The average molecular weight is 245 g/mol. The van der Waals surface area contributed by atoms with Crippen LogP contribution >= 0.6 is 0 Å². The van der Waals surface area contributed by atoms with Gasteiger partial charge in [0.15, 0.2) is 0 Å². The molecular weight excluding hydrogens is 222 g/mol. The molecule has 0 aromatic carbocycles. The summed E-state index contributed by atoms with van der Waals surface area (Å²) in [7, 11) is 0. The second-order valence-corrected chi connectivity index (χ2v) is 3.79. The Labute approximate surface area is 102 Å². The van der Waals surface area contributed by atoms with Gasteiger partial charge in [0.1, 0.15) is 6.04 Å². The number of carboxylic acid groups (broad SMARTS) is 1. The number of amides is 2. The van der Waals surface area contributed by atoms with Crippen LogP contribution in [0.2, 0.25) is 0 Å². The van der Waals surface area contributed by atoms with E-state index in [1.54, 1.807) is 0 Å². The van der Waals surface area contributed by atoms with Crippen LogP contribution in [-0.4, -0.2) is 42.8 Å². The first-order valence-corrected chi connectivity index (χ1v) is 6.09. The maximum absolute atomic E-state index is 11.4. The van der Waals surface area contributed by atoms with E-state index < -0.39 is 18.0 Å². The number of hydrogen-bond donors (Lipinski definition) is 4. The van der Waals surface area contributed by atoms with Crippen LogP contribution in [0.5, 0.6) is 0 Å². The Kier molecular flexibility index (Phi) is 9.14. The zero-order valence-corrected chi connectivity index (χ0v) is 10.6. The van der Waals surface area contributed by atoms with E-state index in [9.17, 15) is 9.59 Å². The molecule has 0 aromatic heterocycles. The highest BCUT2D eigenvalue weighted by molar-refractivity contribution is 5.82. The third-order valence-corrected chi connectivity index (χ3v) is 2.25. The van der Waals surface area contributed by atoms with Gasteiger partial charge in [-0.1, -0.05) is 20.3 Å². The molecule has 4 N–H and O–H groups in total. The molecule has 6 nitrogen and oxygen atoms in total. The fourth-order valence-corrected chi connectivity index (χ4v) is 1.35. The van der Waals surface area contributed by atoms with Crippen LogP contribution in [0.3, 0.4) is 0 Å². The van der Waals surface area contributed by atoms with Gasteiger partial charge in [-0.3, -0.25) is 0 Å². The molecule has 0 fully saturated rings. The Morgan fingerprint density at radius 1 is 1.24 bits per heavy atom. The van der Waals surface area contributed by atoms with E-state index in [2.05, 4.69) is 16.0 Å². The van der Waals surface area contributed by atoms with E-state index in [1.165, 1.54) is 0 Å². The fourth-order valence-electron chi connectivity index (χ4n) is 1.35. The van der Waals surface area contributed by atoms with Crippen LogP contribution in [0.4, 0.5) is 4.79 Å². The van der Waals surface area contributed by atoms with Crippen molar-refractivity contribution in [2.24, 2.45) is 0 Å². The lowest BCUT2D eigenvalue weighted by atomic mass is 10.2. The zero-order chi connectivity index (χ0) is 13.1. The molecule has 0 saturated carbocycles. The van der Waals surface area contributed by atoms with Crippen LogP contribution in [0.25, 0.3) is 0 Å². The van der Waals surface area contributed by atoms with E-state index in [1.807, 2.05) is 13.8 Å². The first kappa shape index (κ1) is 15.7. The van der Waals surface area contributed by atoms with Crippen molar-refractivity contribution in [2.75, 3.05) is 19.6 Å². The monoisotopic (exact) mass is 245 g/mol. The maximum Gasteiger partial charge on any atom is 0.326 e. The fraction of sp³-hybridized carbons (Fsp3) is 0.818. The van der Waals surface area contributed by atoms with Gasteiger partial charge in [-0.2, -0.15) is 0 Å². The predicted molar refractivity (Wildman–Crippen MR) is 66.0 cm³/mol. The Morgan fingerprint density at radius 3 is 2.47 bits per heavy atom. The zero-order valence-electron chi connectivity index (χ0n) is 10.6. The van der Waals surface area contributed by atoms with Gasteiger partial charge in [-0.05, 0) is 25.9 Å². The normalized spacial score (nSPS) is 11.9. The number of hydrogen-bond acceptors (Lipinski definition) is 3. The van der Waals surface area contributed by atoms with Crippen LogP contribution in [0.1, 0.15) is 33.1 Å². The van der Waals surface area contributed by atoms with Gasteiger partial charge in [0, 0.05) is 6.54 Å². The van der Waals surface area contributed by atoms with Gasteiger partial charge in [0.05, 0.1) is 0 Å². The number of rotatable bonds is 9. The lowest BCUT2D eigenvalue weighted by molar-refractivity contribution is -0.139. The van der Waals surface area contributed by atoms with Gasteiger partial charge < -0.3 is 21.1 Å². The van der Waals surface area contributed by atoms with Crippen molar-refractivity contribution in [3.05, 3.63) is 0 Å². The molecule has 0 unspecified atom stereocenters. The molecule has 0 spiro atoms. The standard InChI is InChI=1S/C11H23N3O3/c1-3-6-9(10(15)16)14-11(17)13-8-5-7-12-4-2/h9,12H,3-8H2,1-2H3,(H,15,16)(H2,13,14,17)/t9-/m0/s1. The third-order valence-electron chi connectivity index (χ3n) is 2.25. The molecule has 1 atom stereocenters. The number of carbonyl (C=O) groups excluding carboxylic acids is 1. The minimum absolute atomic E-state index is 0.414. The van der Waals surface area contributed by atoms with Crippen molar-refractivity contribution < 1.29 is 14.7 Å². The summed E-state index contributed by atoms with van der Waals surface area (Å²) in [5, 5.41) is 17.0. The molecule has 0 radical (unpaired) electrons. The van der Waals surface area contributed by atoms with Gasteiger partial charge in [0.2, 0.25) is 0 Å². The van der Waals surface area contributed by atoms with Gasteiger partial charge in [0.25, 0.3) is 0 Å². The van der Waals surface area contributed by atoms with Crippen molar-refractivity contribution in [3.8, 4) is 0 Å². The Morgan fingerprint density at radius 2 is 1.94 bits per heavy atom. The van der Waals surface area contributed by atoms with Crippen LogP contribution in [0.15, 0.2) is 0 Å². The SMILES string of the molecule is CCC[C@H](NC(=O)NCCCNCC)C(=O)O. The predicted octanol–water partition coefficient (Wildman–Crippen LogP) is 0.539. The first-order valence-electron chi connectivity index (χ1n) is 6.09. The highest BCUT2D eigenvalue weighted by Crippen LogP contribution is 1.96. The Balaban J connectivity index is 3.71. The summed E-state index contributed by atoms with van der Waals surface area (Å²) < 4.78 is 0. The summed E-state index contributed by atoms with van der Waals surface area (Å²) in [5.74, 6) is -0.991. The molecule has 100 valence electrons. The van der Waals surface area contributed by atoms with Crippen LogP contribution < -0.4 is 16.0 Å². The largest absolute Gasteiger partial charge is 0.480 e. The van der Waals surface area contributed by atoms with E-state index in [-0.39, 0.29) is 0 Å². The number of urea groups is 1. The summed E-state index contributed by atoms with van der Waals surface area (Å²) in [4.78, 5) is 22.1. The number of carboxylic acids is 1. The summed E-state index contributed by atoms with van der Waals surface area (Å²) in [5.41, 5.74) is 0.